The van der Waals surface area contributed by atoms with Crippen LogP contribution >= 0.6 is 0 Å². The Morgan fingerprint density at radius 1 is 1.16 bits per heavy atom. The van der Waals surface area contributed by atoms with Crippen LogP contribution in [0.5, 0.6) is 0 Å². The van der Waals surface area contributed by atoms with Crippen molar-refractivity contribution >= 4 is 11.9 Å². The van der Waals surface area contributed by atoms with Gasteiger partial charge in [0.1, 0.15) is 6.04 Å². The molecule has 0 saturated carbocycles. The number of carbonyl (C=O) groups excluding carboxylic acids is 2. The third kappa shape index (κ3) is 4.92. The molecule has 2 rings (SSSR count). The quantitative estimate of drug-likeness (QED) is 0.852. The average molecular weight is 336 g/mol. The van der Waals surface area contributed by atoms with E-state index in [1.54, 1.807) is 36.4 Å². The number of nitrogens with zero attached hydrogens (tertiary/aromatic N) is 1. The molecule has 5 nitrogen and oxygen atoms in total. The summed E-state index contributed by atoms with van der Waals surface area (Å²) in [6.45, 7) is 3.82. The van der Waals surface area contributed by atoms with Crippen LogP contribution < -0.4 is 5.32 Å². The van der Waals surface area contributed by atoms with Crippen LogP contribution in [0.2, 0.25) is 0 Å². The first kappa shape index (κ1) is 18.2. The smallest absolute Gasteiger partial charge is 0.328 e. The molecule has 0 unspecified atom stereocenters. The van der Waals surface area contributed by atoms with Crippen LogP contribution in [0.3, 0.4) is 0 Å². The zero-order valence-corrected chi connectivity index (χ0v) is 14.5. The highest BCUT2D eigenvalue weighted by Gasteiger charge is 2.23. The number of benzene rings is 2. The number of aryl methyl sites for hydroxylation is 2. The van der Waals surface area contributed by atoms with Gasteiger partial charge < -0.3 is 10.1 Å². The van der Waals surface area contributed by atoms with Crippen molar-refractivity contribution in [3.05, 3.63) is 70.3 Å². The van der Waals surface area contributed by atoms with Crippen LogP contribution in [-0.4, -0.2) is 25.0 Å². The second-order valence-electron chi connectivity index (χ2n) is 5.94. The van der Waals surface area contributed by atoms with Gasteiger partial charge in [-0.2, -0.15) is 5.26 Å². The van der Waals surface area contributed by atoms with Gasteiger partial charge >= 0.3 is 5.97 Å². The zero-order chi connectivity index (χ0) is 18.4. The molecule has 1 N–H and O–H groups in total. The molecule has 0 aliphatic carbocycles. The number of carbonyl (C=O) groups is 2. The summed E-state index contributed by atoms with van der Waals surface area (Å²) in [7, 11) is 1.28. The lowest BCUT2D eigenvalue weighted by Crippen LogP contribution is -2.43. The topological polar surface area (TPSA) is 79.2 Å². The molecule has 0 heterocycles. The van der Waals surface area contributed by atoms with Gasteiger partial charge in [-0.05, 0) is 43.7 Å². The first-order chi connectivity index (χ1) is 11.9. The van der Waals surface area contributed by atoms with Crippen LogP contribution in [0.25, 0.3) is 0 Å². The number of methoxy groups -OCH3 is 1. The van der Waals surface area contributed by atoms with Gasteiger partial charge in [-0.25, -0.2) is 4.79 Å². The summed E-state index contributed by atoms with van der Waals surface area (Å²) in [6.07, 6.45) is 0.249. The summed E-state index contributed by atoms with van der Waals surface area (Å²) in [5, 5.41) is 11.7. The third-order valence-corrected chi connectivity index (χ3v) is 3.77. The van der Waals surface area contributed by atoms with Crippen molar-refractivity contribution in [3.8, 4) is 6.07 Å². The van der Waals surface area contributed by atoms with E-state index in [4.69, 9.17) is 10.00 Å². The van der Waals surface area contributed by atoms with E-state index < -0.39 is 12.0 Å². The maximum Gasteiger partial charge on any atom is 0.328 e. The predicted molar refractivity (Wildman–Crippen MR) is 94.0 cm³/mol. The van der Waals surface area contributed by atoms with E-state index >= 15 is 0 Å². The van der Waals surface area contributed by atoms with Crippen LogP contribution in [-0.2, 0) is 16.0 Å². The lowest BCUT2D eigenvalue weighted by atomic mass is 10.0. The summed E-state index contributed by atoms with van der Waals surface area (Å²) in [6, 6.07) is 13.7. The summed E-state index contributed by atoms with van der Waals surface area (Å²) >= 11 is 0. The fourth-order valence-electron chi connectivity index (χ4n) is 2.69. The van der Waals surface area contributed by atoms with Crippen LogP contribution in [0.4, 0.5) is 0 Å². The normalized spacial score (nSPS) is 11.3. The standard InChI is InChI=1S/C20H20N2O3/c1-13-7-14(2)9-17(8-13)19(23)22-18(20(24)25-3)11-15-5-4-6-16(10-15)12-21/h4-10,18H,11H2,1-3H3,(H,22,23)/t18-/m1/s1. The molecule has 2 aromatic carbocycles. The molecule has 0 bridgehead atoms. The molecule has 0 saturated heterocycles. The number of nitrogens with one attached hydrogen (secondary N) is 1. The van der Waals surface area contributed by atoms with Crippen molar-refractivity contribution in [2.75, 3.05) is 7.11 Å². The molecule has 2 aromatic rings. The molecule has 25 heavy (non-hydrogen) atoms. The van der Waals surface area contributed by atoms with Gasteiger partial charge in [0.05, 0.1) is 18.7 Å². The Morgan fingerprint density at radius 3 is 2.44 bits per heavy atom. The second kappa shape index (κ2) is 8.11. The minimum absolute atomic E-state index is 0.249. The molecule has 1 atom stereocenters. The number of esters is 1. The Labute approximate surface area is 147 Å². The third-order valence-electron chi connectivity index (χ3n) is 3.77. The lowest BCUT2D eigenvalue weighted by Gasteiger charge is -2.17. The molecule has 0 fully saturated rings. The summed E-state index contributed by atoms with van der Waals surface area (Å²) in [5.41, 5.74) is 3.72. The zero-order valence-electron chi connectivity index (χ0n) is 14.5. The van der Waals surface area contributed by atoms with Crippen molar-refractivity contribution in [2.45, 2.75) is 26.3 Å². The highest BCUT2D eigenvalue weighted by atomic mass is 16.5. The van der Waals surface area contributed by atoms with E-state index in [0.717, 1.165) is 16.7 Å². The van der Waals surface area contributed by atoms with Crippen molar-refractivity contribution < 1.29 is 14.3 Å². The van der Waals surface area contributed by atoms with E-state index in [0.29, 0.717) is 11.1 Å². The van der Waals surface area contributed by atoms with Gasteiger partial charge in [0, 0.05) is 12.0 Å². The first-order valence-corrected chi connectivity index (χ1v) is 7.89. The molecule has 128 valence electrons. The van der Waals surface area contributed by atoms with Crippen LogP contribution in [0.1, 0.15) is 32.6 Å². The molecule has 0 aromatic heterocycles. The minimum atomic E-state index is -0.827. The molecule has 0 aliphatic heterocycles. The van der Waals surface area contributed by atoms with Gasteiger partial charge in [-0.3, -0.25) is 4.79 Å². The molecule has 1 amide bonds. The van der Waals surface area contributed by atoms with Crippen molar-refractivity contribution in [3.63, 3.8) is 0 Å². The highest BCUT2D eigenvalue weighted by molar-refractivity contribution is 5.97. The van der Waals surface area contributed by atoms with E-state index in [2.05, 4.69) is 11.4 Å². The van der Waals surface area contributed by atoms with E-state index in [9.17, 15) is 9.59 Å². The first-order valence-electron chi connectivity index (χ1n) is 7.89. The van der Waals surface area contributed by atoms with Crippen molar-refractivity contribution in [1.82, 2.24) is 5.32 Å². The van der Waals surface area contributed by atoms with Gasteiger partial charge in [-0.15, -0.1) is 0 Å². The Kier molecular flexibility index (Phi) is 5.91. The Bertz CT molecular complexity index is 817. The minimum Gasteiger partial charge on any atom is -0.467 e. The molecule has 0 aliphatic rings. The number of amides is 1. The van der Waals surface area contributed by atoms with E-state index in [1.165, 1.54) is 7.11 Å². The maximum atomic E-state index is 12.5. The number of nitriles is 1. The lowest BCUT2D eigenvalue weighted by molar-refractivity contribution is -0.142. The number of rotatable bonds is 5. The van der Waals surface area contributed by atoms with E-state index in [-0.39, 0.29) is 12.3 Å². The SMILES string of the molecule is COC(=O)[C@@H](Cc1cccc(C#N)c1)NC(=O)c1cc(C)cc(C)c1. The van der Waals surface area contributed by atoms with Crippen LogP contribution in [0.15, 0.2) is 42.5 Å². The fourth-order valence-corrected chi connectivity index (χ4v) is 2.69. The average Bonchev–Trinajstić information content (AvgIpc) is 2.59. The van der Waals surface area contributed by atoms with Gasteiger partial charge in [0.2, 0.25) is 0 Å². The molecular formula is C20H20N2O3. The Hall–Kier alpha value is -3.13. The van der Waals surface area contributed by atoms with Gasteiger partial charge in [0.15, 0.2) is 0 Å². The van der Waals surface area contributed by atoms with E-state index in [1.807, 2.05) is 19.9 Å². The molecular weight excluding hydrogens is 316 g/mol. The number of hydrogen-bond acceptors (Lipinski definition) is 4. The summed E-state index contributed by atoms with van der Waals surface area (Å²) in [4.78, 5) is 24.6. The highest BCUT2D eigenvalue weighted by Crippen LogP contribution is 2.11. The molecule has 5 heteroatoms. The largest absolute Gasteiger partial charge is 0.467 e. The fraction of sp³-hybridized carbons (Fsp3) is 0.250. The van der Waals surface area contributed by atoms with Gasteiger partial charge in [0.25, 0.3) is 5.91 Å². The van der Waals surface area contributed by atoms with Crippen LogP contribution in [0, 0.1) is 25.2 Å². The number of ether oxygens (including phenoxy) is 1. The van der Waals surface area contributed by atoms with Crippen molar-refractivity contribution in [2.24, 2.45) is 0 Å². The summed E-state index contributed by atoms with van der Waals surface area (Å²) < 4.78 is 4.81. The summed E-state index contributed by atoms with van der Waals surface area (Å²) in [5.74, 6) is -0.862. The Balaban J connectivity index is 2.21. The Morgan fingerprint density at radius 2 is 1.84 bits per heavy atom. The maximum absolute atomic E-state index is 12.5. The predicted octanol–water partition coefficient (Wildman–Crippen LogP) is 2.69. The van der Waals surface area contributed by atoms with Gasteiger partial charge in [-0.1, -0.05) is 29.3 Å². The van der Waals surface area contributed by atoms with Crippen molar-refractivity contribution in [1.29, 1.82) is 5.26 Å². The molecule has 0 spiro atoms. The second-order valence-corrected chi connectivity index (χ2v) is 5.94. The molecule has 0 radical (unpaired) electrons. The number of hydrogen-bond donors (Lipinski definition) is 1. The monoisotopic (exact) mass is 336 g/mol.